The number of carbonyl (C=O) groups is 1. The van der Waals surface area contributed by atoms with E-state index in [1.54, 1.807) is 0 Å². The number of rotatable bonds is 8. The molecule has 0 aliphatic carbocycles. The van der Waals surface area contributed by atoms with Gasteiger partial charge in [0.2, 0.25) is 5.88 Å². The molecule has 2 rings (SSSR count). The molecule has 0 radical (unpaired) electrons. The van der Waals surface area contributed by atoms with Crippen molar-refractivity contribution in [2.45, 2.75) is 32.1 Å². The second-order valence-corrected chi connectivity index (χ2v) is 6.68. The van der Waals surface area contributed by atoms with Crippen LogP contribution >= 0.6 is 11.4 Å². The average molecular weight is 326 g/mol. The number of hydrogen-bond donors (Lipinski definition) is 4. The van der Waals surface area contributed by atoms with Crippen LogP contribution in [0.5, 0.6) is 0 Å². The molecule has 0 spiro atoms. The number of nitrogen functional groups attached to an aromatic ring is 1. The van der Waals surface area contributed by atoms with Crippen LogP contribution in [-0.2, 0) is 14.0 Å². The zero-order valence-electron chi connectivity index (χ0n) is 12.3. The number of unbranched alkanes of at least 4 members (excludes halogenated alkanes) is 3. The Morgan fingerprint density at radius 2 is 1.95 bits per heavy atom. The summed E-state index contributed by atoms with van der Waals surface area (Å²) in [6, 6.07) is 7.50. The summed E-state index contributed by atoms with van der Waals surface area (Å²) in [7, 11) is 0. The van der Waals surface area contributed by atoms with E-state index in [1.165, 1.54) is 0 Å². The Bertz CT molecular complexity index is 519. The second kappa shape index (κ2) is 8.55. The highest BCUT2D eigenvalue weighted by Crippen LogP contribution is 2.33. The zero-order valence-corrected chi connectivity index (χ0v) is 13.2. The molecule has 6 nitrogen and oxygen atoms in total. The standard InChI is InChI=1S/C15H22N2O4S/c16-13-8-6-12(7-9-13)11-14-17-22(21-20-14)10-4-2-1-3-5-15(18)19/h6-9,11,17,22H,1-5,10,16H2,(H,18,19)/b14-11-. The monoisotopic (exact) mass is 326 g/mol. The molecule has 1 atom stereocenters. The fraction of sp³-hybridized carbons (Fsp3) is 0.400. The molecule has 1 aliphatic rings. The molecule has 1 aliphatic heterocycles. The van der Waals surface area contributed by atoms with Crippen molar-refractivity contribution in [3.8, 4) is 0 Å². The highest BCUT2D eigenvalue weighted by atomic mass is 32.2. The lowest BCUT2D eigenvalue weighted by Gasteiger charge is -2.09. The summed E-state index contributed by atoms with van der Waals surface area (Å²) in [5, 5.41) is 8.55. The van der Waals surface area contributed by atoms with Crippen molar-refractivity contribution in [1.29, 1.82) is 0 Å². The number of hydrogen-bond acceptors (Lipinski definition) is 5. The van der Waals surface area contributed by atoms with Crippen LogP contribution in [0.25, 0.3) is 6.08 Å². The molecule has 0 amide bonds. The number of anilines is 1. The van der Waals surface area contributed by atoms with Gasteiger partial charge in [0.1, 0.15) is 0 Å². The van der Waals surface area contributed by atoms with Crippen LogP contribution in [0.2, 0.25) is 0 Å². The first kappa shape index (κ1) is 16.5. The van der Waals surface area contributed by atoms with Crippen LogP contribution < -0.4 is 10.5 Å². The maximum atomic E-state index is 10.4. The van der Waals surface area contributed by atoms with E-state index in [0.717, 1.165) is 42.7 Å². The smallest absolute Gasteiger partial charge is 0.303 e. The number of nitrogens with two attached hydrogens (primary N) is 1. The predicted octanol–water partition coefficient (Wildman–Crippen LogP) is 2.98. The average Bonchev–Trinajstić information content (AvgIpc) is 2.92. The maximum Gasteiger partial charge on any atom is 0.303 e. The molecule has 1 aromatic carbocycles. The molecule has 22 heavy (non-hydrogen) atoms. The maximum absolute atomic E-state index is 10.4. The Balaban J connectivity index is 1.65. The van der Waals surface area contributed by atoms with Gasteiger partial charge in [0.15, 0.2) is 0 Å². The van der Waals surface area contributed by atoms with Crippen molar-refractivity contribution < 1.29 is 19.1 Å². The fourth-order valence-corrected chi connectivity index (χ4v) is 3.28. The quantitative estimate of drug-likeness (QED) is 0.254. The van der Waals surface area contributed by atoms with Crippen molar-refractivity contribution in [3.63, 3.8) is 0 Å². The molecule has 0 aromatic heterocycles. The van der Waals surface area contributed by atoms with Crippen LogP contribution in [0.1, 0.15) is 37.7 Å². The molecule has 1 aromatic rings. The van der Waals surface area contributed by atoms with Gasteiger partial charge < -0.3 is 15.7 Å². The van der Waals surface area contributed by atoms with E-state index in [-0.39, 0.29) is 6.42 Å². The third kappa shape index (κ3) is 5.87. The minimum atomic E-state index is -0.802. The lowest BCUT2D eigenvalue weighted by atomic mass is 10.2. The van der Waals surface area contributed by atoms with Crippen molar-refractivity contribution in [2.75, 3.05) is 11.5 Å². The number of carboxylic acid groups (broad SMARTS) is 1. The lowest BCUT2D eigenvalue weighted by molar-refractivity contribution is -0.137. The van der Waals surface area contributed by atoms with Crippen LogP contribution in [0.3, 0.4) is 0 Å². The summed E-state index contributed by atoms with van der Waals surface area (Å²) >= 11 is -0.802. The Morgan fingerprint density at radius 3 is 2.68 bits per heavy atom. The first-order valence-electron chi connectivity index (χ1n) is 7.31. The molecule has 1 fully saturated rings. The Morgan fingerprint density at radius 1 is 1.23 bits per heavy atom. The molecular weight excluding hydrogens is 304 g/mol. The minimum Gasteiger partial charge on any atom is -0.481 e. The first-order valence-corrected chi connectivity index (χ1v) is 8.76. The Hall–Kier alpha value is -1.86. The third-order valence-corrected chi connectivity index (χ3v) is 4.63. The molecule has 122 valence electrons. The molecule has 4 N–H and O–H groups in total. The van der Waals surface area contributed by atoms with E-state index in [9.17, 15) is 4.79 Å². The normalized spacial score (nSPS) is 20.5. The zero-order chi connectivity index (χ0) is 15.8. The summed E-state index contributed by atoms with van der Waals surface area (Å²) in [5.41, 5.74) is 7.36. The van der Waals surface area contributed by atoms with Crippen LogP contribution in [0, 0.1) is 0 Å². The number of benzene rings is 1. The first-order chi connectivity index (χ1) is 10.6. The highest BCUT2D eigenvalue weighted by Gasteiger charge is 2.17. The Labute approximate surface area is 132 Å². The Kier molecular flexibility index (Phi) is 6.42. The van der Waals surface area contributed by atoms with Gasteiger partial charge >= 0.3 is 5.97 Å². The van der Waals surface area contributed by atoms with Gasteiger partial charge in [-0.15, -0.1) is 4.33 Å². The summed E-state index contributed by atoms with van der Waals surface area (Å²) < 4.78 is 8.49. The third-order valence-electron chi connectivity index (χ3n) is 3.19. The number of carboxylic acids is 1. The van der Waals surface area contributed by atoms with E-state index in [4.69, 9.17) is 20.1 Å². The van der Waals surface area contributed by atoms with E-state index in [2.05, 4.69) is 4.72 Å². The number of thiol groups is 1. The largest absolute Gasteiger partial charge is 0.481 e. The van der Waals surface area contributed by atoms with E-state index in [1.807, 2.05) is 30.3 Å². The van der Waals surface area contributed by atoms with Crippen LogP contribution in [0.4, 0.5) is 5.69 Å². The summed E-state index contributed by atoms with van der Waals surface area (Å²) in [4.78, 5) is 15.6. The van der Waals surface area contributed by atoms with Gasteiger partial charge in [-0.2, -0.15) is 0 Å². The molecule has 1 saturated heterocycles. The summed E-state index contributed by atoms with van der Waals surface area (Å²) in [5.74, 6) is 0.777. The van der Waals surface area contributed by atoms with Gasteiger partial charge in [-0.1, -0.05) is 25.0 Å². The van der Waals surface area contributed by atoms with Gasteiger partial charge in [-0.3, -0.25) is 9.52 Å². The van der Waals surface area contributed by atoms with E-state index < -0.39 is 17.3 Å². The molecule has 1 unspecified atom stereocenters. The van der Waals surface area contributed by atoms with Crippen molar-refractivity contribution >= 4 is 29.1 Å². The second-order valence-electron chi connectivity index (χ2n) is 5.10. The molecular formula is C15H22N2O4S. The van der Waals surface area contributed by atoms with Crippen LogP contribution in [-0.4, -0.2) is 16.8 Å². The predicted molar refractivity (Wildman–Crippen MR) is 88.7 cm³/mol. The number of aliphatic carboxylic acids is 1. The molecule has 1 heterocycles. The SMILES string of the molecule is Nc1ccc(/C=C2/N[SH](CCCCCCC(=O)O)OO2)cc1. The van der Waals surface area contributed by atoms with Crippen LogP contribution in [0.15, 0.2) is 30.1 Å². The number of nitrogens with one attached hydrogen (secondary N) is 1. The minimum absolute atomic E-state index is 0.251. The van der Waals surface area contributed by atoms with Crippen molar-refractivity contribution in [1.82, 2.24) is 4.72 Å². The fourth-order valence-electron chi connectivity index (χ4n) is 2.02. The topological polar surface area (TPSA) is 93.8 Å². The molecule has 0 saturated carbocycles. The van der Waals surface area contributed by atoms with Crippen molar-refractivity contribution in [2.24, 2.45) is 0 Å². The molecule has 7 heteroatoms. The molecule has 0 bridgehead atoms. The van der Waals surface area contributed by atoms with Gasteiger partial charge in [0.25, 0.3) is 0 Å². The summed E-state index contributed by atoms with van der Waals surface area (Å²) in [6.07, 6.45) is 5.80. The van der Waals surface area contributed by atoms with Gasteiger partial charge in [-0.05, 0) is 41.9 Å². The van der Waals surface area contributed by atoms with E-state index in [0.29, 0.717) is 5.88 Å². The van der Waals surface area contributed by atoms with Gasteiger partial charge in [0, 0.05) is 23.9 Å². The van der Waals surface area contributed by atoms with Crippen molar-refractivity contribution in [3.05, 3.63) is 35.7 Å². The van der Waals surface area contributed by atoms with Gasteiger partial charge in [0.05, 0.1) is 0 Å². The highest BCUT2D eigenvalue weighted by molar-refractivity contribution is 8.11. The lowest BCUT2D eigenvalue weighted by Crippen LogP contribution is -2.03. The van der Waals surface area contributed by atoms with E-state index >= 15 is 0 Å². The van der Waals surface area contributed by atoms with Gasteiger partial charge in [-0.25, -0.2) is 0 Å². The summed E-state index contributed by atoms with van der Waals surface area (Å²) in [6.45, 7) is 0.